The van der Waals surface area contributed by atoms with Crippen LogP contribution in [0.1, 0.15) is 24.6 Å². The van der Waals surface area contributed by atoms with E-state index in [4.69, 9.17) is 23.3 Å². The number of hydrogen-bond acceptors (Lipinski definition) is 4. The smallest absolute Gasteiger partial charge is 0.185 e. The number of nitrogens with zero attached hydrogens (tertiary/aromatic N) is 2. The Balaban J connectivity index is 2.72. The van der Waals surface area contributed by atoms with Crippen molar-refractivity contribution in [2.24, 2.45) is 0 Å². The Morgan fingerprint density at radius 3 is 2.93 bits per heavy atom. The van der Waals surface area contributed by atoms with Crippen molar-refractivity contribution < 1.29 is 0 Å². The summed E-state index contributed by atoms with van der Waals surface area (Å²) in [6, 6.07) is 2.17. The number of halogens is 1. The number of nitriles is 1. The van der Waals surface area contributed by atoms with Crippen molar-refractivity contribution in [3.63, 3.8) is 0 Å². The Labute approximate surface area is 98.1 Å². The van der Waals surface area contributed by atoms with Gasteiger partial charge in [-0.15, -0.1) is 12.3 Å². The number of thiazole rings is 1. The molecule has 0 radical (unpaired) electrons. The monoisotopic (exact) mass is 239 g/mol. The molecule has 0 amide bonds. The first-order chi connectivity index (χ1) is 7.21. The summed E-state index contributed by atoms with van der Waals surface area (Å²) in [6.07, 6.45) is 6.78. The standard InChI is InChI=1S/C10H10ClN3S/c1-3-5-7(4-2)13-10-14-9(11)8(6-12)15-10/h1,7H,4-5H2,2H3,(H,13,14). The topological polar surface area (TPSA) is 48.7 Å². The van der Waals surface area contributed by atoms with Crippen LogP contribution in [-0.2, 0) is 0 Å². The minimum absolute atomic E-state index is 0.184. The van der Waals surface area contributed by atoms with Crippen LogP contribution >= 0.6 is 22.9 Å². The molecule has 1 N–H and O–H groups in total. The van der Waals surface area contributed by atoms with E-state index in [9.17, 15) is 0 Å². The van der Waals surface area contributed by atoms with Crippen molar-refractivity contribution in [1.29, 1.82) is 5.26 Å². The number of nitrogens with one attached hydrogen (secondary N) is 1. The van der Waals surface area contributed by atoms with Crippen molar-refractivity contribution >= 4 is 28.1 Å². The van der Waals surface area contributed by atoms with Gasteiger partial charge in [0.25, 0.3) is 0 Å². The average molecular weight is 240 g/mol. The lowest BCUT2D eigenvalue weighted by molar-refractivity contribution is 0.714. The maximum Gasteiger partial charge on any atom is 0.185 e. The molecule has 15 heavy (non-hydrogen) atoms. The molecule has 0 saturated carbocycles. The van der Waals surface area contributed by atoms with Crippen LogP contribution in [0.4, 0.5) is 5.13 Å². The lowest BCUT2D eigenvalue weighted by Gasteiger charge is -2.12. The predicted octanol–water partition coefficient (Wildman–Crippen LogP) is 2.88. The summed E-state index contributed by atoms with van der Waals surface area (Å²) in [5.41, 5.74) is 0. The van der Waals surface area contributed by atoms with Gasteiger partial charge in [-0.05, 0) is 6.42 Å². The summed E-state index contributed by atoms with van der Waals surface area (Å²) >= 11 is 6.99. The van der Waals surface area contributed by atoms with E-state index in [1.807, 2.05) is 13.0 Å². The zero-order valence-corrected chi connectivity index (χ0v) is 9.82. The van der Waals surface area contributed by atoms with Gasteiger partial charge in [-0.25, -0.2) is 4.98 Å². The van der Waals surface area contributed by atoms with Gasteiger partial charge in [-0.3, -0.25) is 0 Å². The first-order valence-electron chi connectivity index (χ1n) is 4.47. The van der Waals surface area contributed by atoms with Gasteiger partial charge >= 0.3 is 0 Å². The molecule has 5 heteroatoms. The summed E-state index contributed by atoms with van der Waals surface area (Å²) in [5.74, 6) is 2.59. The Morgan fingerprint density at radius 1 is 1.73 bits per heavy atom. The fourth-order valence-corrected chi connectivity index (χ4v) is 2.07. The van der Waals surface area contributed by atoms with Gasteiger partial charge in [0.1, 0.15) is 10.9 Å². The highest BCUT2D eigenvalue weighted by Gasteiger charge is 2.11. The maximum atomic E-state index is 8.70. The summed E-state index contributed by atoms with van der Waals surface area (Å²) in [4.78, 5) is 4.46. The van der Waals surface area contributed by atoms with E-state index in [1.54, 1.807) is 0 Å². The van der Waals surface area contributed by atoms with E-state index >= 15 is 0 Å². The SMILES string of the molecule is C#CCC(CC)Nc1nc(Cl)c(C#N)s1. The van der Waals surface area contributed by atoms with Gasteiger partial charge < -0.3 is 5.32 Å². The van der Waals surface area contributed by atoms with E-state index in [2.05, 4.69) is 16.2 Å². The fourth-order valence-electron chi connectivity index (χ4n) is 1.05. The fraction of sp³-hybridized carbons (Fsp3) is 0.400. The third kappa shape index (κ3) is 3.13. The highest BCUT2D eigenvalue weighted by Crippen LogP contribution is 2.26. The number of aromatic nitrogens is 1. The number of rotatable bonds is 4. The molecule has 0 aliphatic carbocycles. The lowest BCUT2D eigenvalue weighted by Crippen LogP contribution is -2.17. The molecule has 1 heterocycles. The van der Waals surface area contributed by atoms with E-state index in [0.29, 0.717) is 16.4 Å². The normalized spacial score (nSPS) is 11.5. The van der Waals surface area contributed by atoms with Gasteiger partial charge in [-0.1, -0.05) is 29.9 Å². The molecule has 1 atom stereocenters. The first kappa shape index (κ1) is 11.8. The van der Waals surface area contributed by atoms with Gasteiger partial charge in [0.2, 0.25) is 0 Å². The average Bonchev–Trinajstić information content (AvgIpc) is 2.58. The Kier molecular flexibility index (Phi) is 4.42. The van der Waals surface area contributed by atoms with Gasteiger partial charge in [0.05, 0.1) is 0 Å². The second kappa shape index (κ2) is 5.60. The molecule has 1 aromatic heterocycles. The quantitative estimate of drug-likeness (QED) is 0.822. The van der Waals surface area contributed by atoms with Crippen LogP contribution in [-0.4, -0.2) is 11.0 Å². The predicted molar refractivity (Wildman–Crippen MR) is 63.0 cm³/mol. The molecule has 0 aliphatic heterocycles. The van der Waals surface area contributed by atoms with Crippen LogP contribution in [0.15, 0.2) is 0 Å². The molecule has 0 aliphatic rings. The number of hydrogen-bond donors (Lipinski definition) is 1. The second-order valence-electron chi connectivity index (χ2n) is 2.91. The highest BCUT2D eigenvalue weighted by atomic mass is 35.5. The molecular formula is C10H10ClN3S. The largest absolute Gasteiger partial charge is 0.358 e. The van der Waals surface area contributed by atoms with Crippen molar-refractivity contribution in [3.8, 4) is 18.4 Å². The van der Waals surface area contributed by atoms with Crippen molar-refractivity contribution in [1.82, 2.24) is 4.98 Å². The molecule has 0 aromatic carbocycles. The summed E-state index contributed by atoms with van der Waals surface area (Å²) in [5, 5.41) is 12.8. The molecule has 0 bridgehead atoms. The summed E-state index contributed by atoms with van der Waals surface area (Å²) in [6.45, 7) is 2.04. The molecule has 3 nitrogen and oxygen atoms in total. The van der Waals surface area contributed by atoms with E-state index < -0.39 is 0 Å². The third-order valence-corrected chi connectivity index (χ3v) is 3.15. The highest BCUT2D eigenvalue weighted by molar-refractivity contribution is 7.16. The molecule has 0 saturated heterocycles. The Bertz CT molecular complexity index is 413. The second-order valence-corrected chi connectivity index (χ2v) is 4.27. The van der Waals surface area contributed by atoms with Crippen LogP contribution in [0.25, 0.3) is 0 Å². The molecule has 78 valence electrons. The Morgan fingerprint density at radius 2 is 2.47 bits per heavy atom. The third-order valence-electron chi connectivity index (χ3n) is 1.87. The number of anilines is 1. The zero-order chi connectivity index (χ0) is 11.3. The minimum Gasteiger partial charge on any atom is -0.358 e. The van der Waals surface area contributed by atoms with Crippen LogP contribution in [0.3, 0.4) is 0 Å². The van der Waals surface area contributed by atoms with Crippen LogP contribution in [0.2, 0.25) is 5.15 Å². The zero-order valence-electron chi connectivity index (χ0n) is 8.25. The van der Waals surface area contributed by atoms with Gasteiger partial charge in [0, 0.05) is 12.5 Å². The first-order valence-corrected chi connectivity index (χ1v) is 5.67. The number of terminal acetylenes is 1. The van der Waals surface area contributed by atoms with Crippen LogP contribution in [0, 0.1) is 23.7 Å². The Hall–Kier alpha value is -1.23. The molecule has 1 unspecified atom stereocenters. The molecule has 1 aromatic rings. The molecule has 1 rings (SSSR count). The maximum absolute atomic E-state index is 8.70. The lowest BCUT2D eigenvalue weighted by atomic mass is 10.2. The summed E-state index contributed by atoms with van der Waals surface area (Å²) < 4.78 is 0. The summed E-state index contributed by atoms with van der Waals surface area (Å²) in [7, 11) is 0. The van der Waals surface area contributed by atoms with Gasteiger partial charge in [-0.2, -0.15) is 5.26 Å². The minimum atomic E-state index is 0.184. The van der Waals surface area contributed by atoms with E-state index in [0.717, 1.165) is 6.42 Å². The molecule has 0 spiro atoms. The van der Waals surface area contributed by atoms with E-state index in [-0.39, 0.29) is 11.2 Å². The van der Waals surface area contributed by atoms with Gasteiger partial charge in [0.15, 0.2) is 10.3 Å². The van der Waals surface area contributed by atoms with Crippen molar-refractivity contribution in [3.05, 3.63) is 10.0 Å². The van der Waals surface area contributed by atoms with E-state index in [1.165, 1.54) is 11.3 Å². The molecular weight excluding hydrogens is 230 g/mol. The van der Waals surface area contributed by atoms with Crippen LogP contribution < -0.4 is 5.32 Å². The van der Waals surface area contributed by atoms with Crippen molar-refractivity contribution in [2.75, 3.05) is 5.32 Å². The van der Waals surface area contributed by atoms with Crippen molar-refractivity contribution in [2.45, 2.75) is 25.8 Å². The molecule has 0 fully saturated rings. The van der Waals surface area contributed by atoms with Crippen LogP contribution in [0.5, 0.6) is 0 Å².